The number of rotatable bonds is 6. The van der Waals surface area contributed by atoms with Crippen LogP contribution in [0.2, 0.25) is 0 Å². The third-order valence-electron chi connectivity index (χ3n) is 2.65. The van der Waals surface area contributed by atoms with Gasteiger partial charge in [0.15, 0.2) is 0 Å². The lowest BCUT2D eigenvalue weighted by molar-refractivity contribution is 0.248. The molecule has 0 amide bonds. The van der Waals surface area contributed by atoms with Crippen molar-refractivity contribution < 1.29 is 5.11 Å². The van der Waals surface area contributed by atoms with Crippen molar-refractivity contribution in [3.63, 3.8) is 0 Å². The van der Waals surface area contributed by atoms with Crippen molar-refractivity contribution in [3.8, 4) is 6.07 Å². The largest absolute Gasteiger partial charge is 0.396 e. The molecule has 0 unspecified atom stereocenters. The van der Waals surface area contributed by atoms with Crippen LogP contribution in [-0.2, 0) is 0 Å². The number of anilines is 1. The van der Waals surface area contributed by atoms with Gasteiger partial charge in [0.05, 0.1) is 11.6 Å². The average molecular weight is 233 g/mol. The van der Waals surface area contributed by atoms with Crippen LogP contribution < -0.4 is 5.32 Å². The number of hydrogen-bond donors (Lipinski definition) is 2. The minimum absolute atomic E-state index is 0.104. The second-order valence-corrected chi connectivity index (χ2v) is 4.89. The van der Waals surface area contributed by atoms with Crippen molar-refractivity contribution in [2.45, 2.75) is 26.7 Å². The molecule has 1 rings (SSSR count). The third-order valence-corrected chi connectivity index (χ3v) is 2.65. The van der Waals surface area contributed by atoms with E-state index in [1.54, 1.807) is 18.3 Å². The highest BCUT2D eigenvalue weighted by molar-refractivity contribution is 5.42. The molecule has 0 aliphatic heterocycles. The molecule has 0 aliphatic rings. The van der Waals surface area contributed by atoms with E-state index >= 15 is 0 Å². The molecule has 2 N–H and O–H groups in total. The topological polar surface area (TPSA) is 68.9 Å². The molecule has 0 bridgehead atoms. The van der Waals surface area contributed by atoms with E-state index < -0.39 is 0 Å². The predicted octanol–water partition coefficient (Wildman–Crippen LogP) is 2.16. The summed E-state index contributed by atoms with van der Waals surface area (Å²) in [4.78, 5) is 4.16. The Bertz CT molecular complexity index is 396. The lowest BCUT2D eigenvalue weighted by Crippen LogP contribution is -2.23. The van der Waals surface area contributed by atoms with E-state index in [0.29, 0.717) is 5.56 Å². The quantitative estimate of drug-likeness (QED) is 0.790. The van der Waals surface area contributed by atoms with Gasteiger partial charge < -0.3 is 10.4 Å². The number of nitriles is 1. The van der Waals surface area contributed by atoms with E-state index in [-0.39, 0.29) is 12.0 Å². The Kier molecular flexibility index (Phi) is 4.92. The molecule has 4 heteroatoms. The standard InChI is InChI=1S/C13H19N3O/c1-13(2,5-3-7-17)10-16-12-8-11(9-14)4-6-15-12/h4,6,8,17H,3,5,7,10H2,1-2H3,(H,15,16). The van der Waals surface area contributed by atoms with Gasteiger partial charge in [-0.25, -0.2) is 4.98 Å². The number of nitrogens with one attached hydrogen (secondary N) is 1. The Hall–Kier alpha value is -1.60. The molecule has 0 saturated heterocycles. The molecule has 0 fully saturated rings. The molecule has 0 aliphatic carbocycles. The summed E-state index contributed by atoms with van der Waals surface area (Å²) in [6, 6.07) is 5.51. The van der Waals surface area contributed by atoms with Gasteiger partial charge in [0.25, 0.3) is 0 Å². The van der Waals surface area contributed by atoms with Crippen LogP contribution in [-0.4, -0.2) is 23.2 Å². The molecular weight excluding hydrogens is 214 g/mol. The smallest absolute Gasteiger partial charge is 0.127 e. The highest BCUT2D eigenvalue weighted by atomic mass is 16.2. The Morgan fingerprint density at radius 3 is 2.94 bits per heavy atom. The number of hydrogen-bond acceptors (Lipinski definition) is 4. The van der Waals surface area contributed by atoms with E-state index in [4.69, 9.17) is 10.4 Å². The molecule has 0 aromatic carbocycles. The second-order valence-electron chi connectivity index (χ2n) is 4.89. The Labute approximate surface area is 102 Å². The maximum atomic E-state index is 8.81. The Balaban J connectivity index is 2.52. The van der Waals surface area contributed by atoms with E-state index in [9.17, 15) is 0 Å². The minimum Gasteiger partial charge on any atom is -0.396 e. The normalized spacial score (nSPS) is 10.9. The number of nitrogens with zero attached hydrogens (tertiary/aromatic N) is 2. The van der Waals surface area contributed by atoms with Gasteiger partial charge in [-0.1, -0.05) is 13.8 Å². The first-order valence-electron chi connectivity index (χ1n) is 5.78. The van der Waals surface area contributed by atoms with Gasteiger partial charge in [-0.2, -0.15) is 5.26 Å². The van der Waals surface area contributed by atoms with Gasteiger partial charge in [0, 0.05) is 19.3 Å². The summed E-state index contributed by atoms with van der Waals surface area (Å²) in [5.74, 6) is 0.723. The van der Waals surface area contributed by atoms with Crippen LogP contribution in [0.15, 0.2) is 18.3 Å². The average Bonchev–Trinajstić information content (AvgIpc) is 2.34. The number of pyridine rings is 1. The van der Waals surface area contributed by atoms with Gasteiger partial charge in [-0.3, -0.25) is 0 Å². The Morgan fingerprint density at radius 1 is 1.53 bits per heavy atom. The summed E-state index contributed by atoms with van der Waals surface area (Å²) < 4.78 is 0. The number of aliphatic hydroxyl groups is 1. The summed E-state index contributed by atoms with van der Waals surface area (Å²) in [5, 5.41) is 20.8. The van der Waals surface area contributed by atoms with Crippen molar-refractivity contribution in [2.75, 3.05) is 18.5 Å². The van der Waals surface area contributed by atoms with E-state index in [0.717, 1.165) is 25.2 Å². The minimum atomic E-state index is 0.104. The lowest BCUT2D eigenvalue weighted by atomic mass is 9.88. The van der Waals surface area contributed by atoms with Crippen LogP contribution in [0.5, 0.6) is 0 Å². The van der Waals surface area contributed by atoms with Crippen LogP contribution in [0, 0.1) is 16.7 Å². The molecule has 92 valence electrons. The van der Waals surface area contributed by atoms with E-state index in [2.05, 4.69) is 30.2 Å². The third kappa shape index (κ3) is 4.83. The molecule has 17 heavy (non-hydrogen) atoms. The van der Waals surface area contributed by atoms with Crippen LogP contribution >= 0.6 is 0 Å². The molecule has 1 heterocycles. The lowest BCUT2D eigenvalue weighted by Gasteiger charge is -2.24. The van der Waals surface area contributed by atoms with Crippen molar-refractivity contribution in [3.05, 3.63) is 23.9 Å². The number of aliphatic hydroxyl groups excluding tert-OH is 1. The summed E-state index contributed by atoms with van der Waals surface area (Å²) >= 11 is 0. The zero-order chi connectivity index (χ0) is 12.7. The number of aromatic nitrogens is 1. The fraction of sp³-hybridized carbons (Fsp3) is 0.538. The molecule has 0 spiro atoms. The Morgan fingerprint density at radius 2 is 2.29 bits per heavy atom. The fourth-order valence-electron chi connectivity index (χ4n) is 1.57. The molecule has 0 radical (unpaired) electrons. The van der Waals surface area contributed by atoms with Gasteiger partial charge in [-0.05, 0) is 30.4 Å². The first-order chi connectivity index (χ1) is 8.07. The van der Waals surface area contributed by atoms with Crippen molar-refractivity contribution in [1.29, 1.82) is 5.26 Å². The van der Waals surface area contributed by atoms with Crippen molar-refractivity contribution in [1.82, 2.24) is 4.98 Å². The van der Waals surface area contributed by atoms with Gasteiger partial charge in [0.1, 0.15) is 5.82 Å². The summed E-state index contributed by atoms with van der Waals surface area (Å²) in [5.41, 5.74) is 0.711. The van der Waals surface area contributed by atoms with Gasteiger partial charge in [-0.15, -0.1) is 0 Å². The van der Waals surface area contributed by atoms with Gasteiger partial charge in [0.2, 0.25) is 0 Å². The molecule has 0 atom stereocenters. The van der Waals surface area contributed by atoms with Crippen LogP contribution in [0.4, 0.5) is 5.82 Å². The molecule has 1 aromatic rings. The molecular formula is C13H19N3O. The molecule has 0 saturated carbocycles. The summed E-state index contributed by atoms with van der Waals surface area (Å²) in [6.07, 6.45) is 3.39. The summed E-state index contributed by atoms with van der Waals surface area (Å²) in [7, 11) is 0. The van der Waals surface area contributed by atoms with Gasteiger partial charge >= 0.3 is 0 Å². The van der Waals surface area contributed by atoms with Crippen LogP contribution in [0.1, 0.15) is 32.3 Å². The first-order valence-corrected chi connectivity index (χ1v) is 5.78. The molecule has 4 nitrogen and oxygen atoms in total. The van der Waals surface area contributed by atoms with E-state index in [1.165, 1.54) is 0 Å². The summed E-state index contributed by atoms with van der Waals surface area (Å²) in [6.45, 7) is 5.29. The SMILES string of the molecule is CC(C)(CCCO)CNc1cc(C#N)ccn1. The predicted molar refractivity (Wildman–Crippen MR) is 67.5 cm³/mol. The maximum Gasteiger partial charge on any atom is 0.127 e. The zero-order valence-electron chi connectivity index (χ0n) is 10.4. The highest BCUT2D eigenvalue weighted by Gasteiger charge is 2.17. The molecule has 1 aromatic heterocycles. The van der Waals surface area contributed by atoms with Crippen LogP contribution in [0.25, 0.3) is 0 Å². The first kappa shape index (κ1) is 13.5. The van der Waals surface area contributed by atoms with Crippen LogP contribution in [0.3, 0.4) is 0 Å². The monoisotopic (exact) mass is 233 g/mol. The highest BCUT2D eigenvalue weighted by Crippen LogP contribution is 2.22. The van der Waals surface area contributed by atoms with Crippen molar-refractivity contribution in [2.24, 2.45) is 5.41 Å². The van der Waals surface area contributed by atoms with E-state index in [1.807, 2.05) is 0 Å². The fourth-order valence-corrected chi connectivity index (χ4v) is 1.57. The maximum absolute atomic E-state index is 8.81. The zero-order valence-corrected chi connectivity index (χ0v) is 10.4. The van der Waals surface area contributed by atoms with Crippen molar-refractivity contribution >= 4 is 5.82 Å². The second kappa shape index (κ2) is 6.21.